The molecule has 3 aliphatic rings. The molecule has 3 rings (SSSR count). The molecule has 2 bridgehead atoms. The number of unbranched alkanes of at least 4 members (excludes halogenated alkanes) is 6. The van der Waals surface area contributed by atoms with E-state index in [1.807, 2.05) is 4.90 Å². The molecule has 2 heteroatoms. The van der Waals surface area contributed by atoms with E-state index in [2.05, 4.69) is 18.7 Å². The van der Waals surface area contributed by atoms with Gasteiger partial charge >= 0.3 is 0 Å². The zero-order valence-electron chi connectivity index (χ0n) is 14.7. The summed E-state index contributed by atoms with van der Waals surface area (Å²) < 4.78 is 0. The van der Waals surface area contributed by atoms with Crippen LogP contribution in [0.4, 0.5) is 0 Å². The molecule has 124 valence electrons. The van der Waals surface area contributed by atoms with Crippen LogP contribution < -0.4 is 4.90 Å². The highest BCUT2D eigenvalue weighted by atomic mass is 15.4. The molecule has 1 N–H and O–H groups in total. The number of quaternary nitrogens is 1. The maximum Gasteiger partial charge on any atom is 0.144 e. The van der Waals surface area contributed by atoms with E-state index in [1.54, 1.807) is 0 Å². The van der Waals surface area contributed by atoms with Crippen LogP contribution in [0.15, 0.2) is 0 Å². The molecule has 3 heterocycles. The summed E-state index contributed by atoms with van der Waals surface area (Å²) in [5.41, 5.74) is 0. The van der Waals surface area contributed by atoms with Crippen LogP contribution in [0.3, 0.4) is 0 Å². The van der Waals surface area contributed by atoms with Gasteiger partial charge in [0.05, 0.1) is 13.1 Å². The summed E-state index contributed by atoms with van der Waals surface area (Å²) in [6, 6.07) is 0. The van der Waals surface area contributed by atoms with E-state index in [0.29, 0.717) is 0 Å². The first-order chi connectivity index (χ1) is 10.3. The lowest BCUT2D eigenvalue weighted by atomic mass is 9.85. The van der Waals surface area contributed by atoms with Crippen LogP contribution in [-0.2, 0) is 0 Å². The van der Waals surface area contributed by atoms with Crippen LogP contribution in [0.25, 0.3) is 0 Å². The first-order valence-corrected chi connectivity index (χ1v) is 9.93. The Balaban J connectivity index is 1.78. The van der Waals surface area contributed by atoms with Gasteiger partial charge in [0, 0.05) is 19.5 Å². The molecular weight excluding hydrogens is 256 g/mol. The first-order valence-electron chi connectivity index (χ1n) is 9.93. The highest BCUT2D eigenvalue weighted by molar-refractivity contribution is 4.76. The van der Waals surface area contributed by atoms with E-state index in [-0.39, 0.29) is 0 Å². The standard InChI is InChI=1S/C19H38N2/c1-3-5-7-9-13-20(14-10-8-6-4-2)19-17-18-11-15-21(19)16-12-18/h18-19H,3-17H2,1-2H3/p+1. The smallest absolute Gasteiger partial charge is 0.144 e. The van der Waals surface area contributed by atoms with E-state index < -0.39 is 0 Å². The Morgan fingerprint density at radius 3 is 1.81 bits per heavy atom. The molecule has 0 aromatic rings. The Morgan fingerprint density at radius 1 is 0.810 bits per heavy atom. The van der Waals surface area contributed by atoms with Gasteiger partial charge in [0.2, 0.25) is 0 Å². The van der Waals surface area contributed by atoms with Gasteiger partial charge in [-0.25, -0.2) is 0 Å². The van der Waals surface area contributed by atoms with Crippen molar-refractivity contribution < 1.29 is 4.90 Å². The van der Waals surface area contributed by atoms with Crippen molar-refractivity contribution in [3.63, 3.8) is 0 Å². The van der Waals surface area contributed by atoms with Gasteiger partial charge in [-0.3, -0.25) is 4.90 Å². The lowest BCUT2D eigenvalue weighted by molar-refractivity contribution is -0.954. The zero-order chi connectivity index (χ0) is 14.9. The van der Waals surface area contributed by atoms with Crippen LogP contribution in [0, 0.1) is 5.92 Å². The lowest BCUT2D eigenvalue weighted by Gasteiger charge is -2.46. The van der Waals surface area contributed by atoms with Gasteiger partial charge in [-0.15, -0.1) is 0 Å². The average molecular weight is 296 g/mol. The Bertz CT molecular complexity index is 246. The maximum atomic E-state index is 2.89. The molecule has 2 nitrogen and oxygen atoms in total. The predicted octanol–water partition coefficient (Wildman–Crippen LogP) is 3.47. The van der Waals surface area contributed by atoms with E-state index >= 15 is 0 Å². The SMILES string of the molecule is CCCCCCN(CCCCCC)C1CC2CC[NH+]1CC2. The summed E-state index contributed by atoms with van der Waals surface area (Å²) in [5.74, 6) is 1.06. The van der Waals surface area contributed by atoms with Crippen molar-refractivity contribution in [2.75, 3.05) is 26.2 Å². The third-order valence-corrected chi connectivity index (χ3v) is 5.81. The van der Waals surface area contributed by atoms with Gasteiger partial charge in [0.1, 0.15) is 6.17 Å². The summed E-state index contributed by atoms with van der Waals surface area (Å²) in [5, 5.41) is 0. The van der Waals surface area contributed by atoms with Gasteiger partial charge in [0.15, 0.2) is 0 Å². The fraction of sp³-hybridized carbons (Fsp3) is 1.00. The molecule has 1 unspecified atom stereocenters. The summed E-state index contributed by atoms with van der Waals surface area (Å²) in [7, 11) is 0. The Labute approximate surface area is 133 Å². The van der Waals surface area contributed by atoms with Crippen molar-refractivity contribution in [3.8, 4) is 0 Å². The summed E-state index contributed by atoms with van der Waals surface area (Å²) in [6.07, 6.45) is 16.7. The second kappa shape index (κ2) is 9.84. The second-order valence-electron chi connectivity index (χ2n) is 7.51. The maximum absolute atomic E-state index is 2.89. The van der Waals surface area contributed by atoms with Gasteiger partial charge in [-0.2, -0.15) is 0 Å². The van der Waals surface area contributed by atoms with Crippen LogP contribution in [0.5, 0.6) is 0 Å². The van der Waals surface area contributed by atoms with Crippen molar-refractivity contribution in [2.24, 2.45) is 5.92 Å². The number of piperidine rings is 3. The molecule has 0 saturated carbocycles. The number of hydrogen-bond acceptors (Lipinski definition) is 1. The summed E-state index contributed by atoms with van der Waals surface area (Å²) >= 11 is 0. The predicted molar refractivity (Wildman–Crippen MR) is 91.7 cm³/mol. The molecule has 0 amide bonds. The van der Waals surface area contributed by atoms with Crippen LogP contribution >= 0.6 is 0 Å². The number of fused-ring (bicyclic) bond motifs is 3. The Hall–Kier alpha value is -0.0800. The second-order valence-corrected chi connectivity index (χ2v) is 7.51. The molecule has 0 radical (unpaired) electrons. The summed E-state index contributed by atoms with van der Waals surface area (Å²) in [4.78, 5) is 4.81. The molecular formula is C19H39N2+. The fourth-order valence-electron chi connectivity index (χ4n) is 4.41. The minimum Gasteiger partial charge on any atom is -0.320 e. The third-order valence-electron chi connectivity index (χ3n) is 5.81. The monoisotopic (exact) mass is 295 g/mol. The van der Waals surface area contributed by atoms with Gasteiger partial charge in [-0.1, -0.05) is 52.4 Å². The number of nitrogens with zero attached hydrogens (tertiary/aromatic N) is 1. The molecule has 0 aliphatic carbocycles. The highest BCUT2D eigenvalue weighted by Crippen LogP contribution is 2.23. The largest absolute Gasteiger partial charge is 0.320 e. The molecule has 21 heavy (non-hydrogen) atoms. The van der Waals surface area contributed by atoms with E-state index in [9.17, 15) is 0 Å². The van der Waals surface area contributed by atoms with E-state index in [0.717, 1.165) is 12.1 Å². The van der Waals surface area contributed by atoms with Crippen molar-refractivity contribution in [1.29, 1.82) is 0 Å². The Kier molecular flexibility index (Phi) is 8.10. The molecule has 1 atom stereocenters. The van der Waals surface area contributed by atoms with Crippen LogP contribution in [-0.4, -0.2) is 37.2 Å². The van der Waals surface area contributed by atoms with Crippen molar-refractivity contribution in [3.05, 3.63) is 0 Å². The zero-order valence-corrected chi connectivity index (χ0v) is 14.7. The number of nitrogens with one attached hydrogen (secondary N) is 1. The molecule has 0 aromatic heterocycles. The van der Waals surface area contributed by atoms with Crippen LogP contribution in [0.2, 0.25) is 0 Å². The van der Waals surface area contributed by atoms with Crippen molar-refractivity contribution in [1.82, 2.24) is 4.90 Å². The Morgan fingerprint density at radius 2 is 1.38 bits per heavy atom. The normalized spacial score (nSPS) is 28.4. The number of hydrogen-bond donors (Lipinski definition) is 1. The van der Waals surface area contributed by atoms with Gasteiger partial charge < -0.3 is 4.90 Å². The topological polar surface area (TPSA) is 7.68 Å². The van der Waals surface area contributed by atoms with E-state index in [1.165, 1.54) is 96.8 Å². The fourth-order valence-corrected chi connectivity index (χ4v) is 4.41. The average Bonchev–Trinajstić information content (AvgIpc) is 2.54. The molecule has 3 aliphatic heterocycles. The molecule has 3 fully saturated rings. The van der Waals surface area contributed by atoms with Crippen molar-refractivity contribution in [2.45, 2.75) is 90.6 Å². The molecule has 3 saturated heterocycles. The quantitative estimate of drug-likeness (QED) is 0.574. The molecule has 0 aromatic carbocycles. The van der Waals surface area contributed by atoms with Crippen molar-refractivity contribution >= 4 is 0 Å². The minimum absolute atomic E-state index is 0.876. The number of rotatable bonds is 11. The summed E-state index contributed by atoms with van der Waals surface area (Å²) in [6.45, 7) is 10.3. The molecule has 0 spiro atoms. The lowest BCUT2D eigenvalue weighted by Crippen LogP contribution is -3.20. The van der Waals surface area contributed by atoms with Crippen LogP contribution in [0.1, 0.15) is 84.5 Å². The highest BCUT2D eigenvalue weighted by Gasteiger charge is 2.39. The minimum atomic E-state index is 0.876. The third kappa shape index (κ3) is 5.56. The first kappa shape index (κ1) is 17.3. The van der Waals surface area contributed by atoms with Gasteiger partial charge in [-0.05, 0) is 31.6 Å². The van der Waals surface area contributed by atoms with Gasteiger partial charge in [0.25, 0.3) is 0 Å². The van der Waals surface area contributed by atoms with E-state index in [4.69, 9.17) is 0 Å².